The Morgan fingerprint density at radius 2 is 1.94 bits per heavy atom. The van der Waals surface area contributed by atoms with Crippen molar-refractivity contribution in [3.05, 3.63) is 72.3 Å². The highest BCUT2D eigenvalue weighted by Crippen LogP contribution is 2.28. The summed E-state index contributed by atoms with van der Waals surface area (Å²) in [6.07, 6.45) is 7.07. The molecule has 1 N–H and O–H groups in total. The Morgan fingerprint density at radius 3 is 2.71 bits per heavy atom. The van der Waals surface area contributed by atoms with Gasteiger partial charge < -0.3 is 14.6 Å². The van der Waals surface area contributed by atoms with Gasteiger partial charge in [-0.1, -0.05) is 30.3 Å². The fourth-order valence-corrected chi connectivity index (χ4v) is 4.74. The van der Waals surface area contributed by atoms with Gasteiger partial charge in [0.25, 0.3) is 5.91 Å². The molecule has 1 aromatic carbocycles. The van der Waals surface area contributed by atoms with Gasteiger partial charge >= 0.3 is 0 Å². The molecule has 0 spiro atoms. The summed E-state index contributed by atoms with van der Waals surface area (Å²) in [6.45, 7) is 1.49. The zero-order chi connectivity index (χ0) is 23.8. The number of furan rings is 1. The number of piperidine rings is 1. The number of rotatable bonds is 6. The molecule has 2 amide bonds. The van der Waals surface area contributed by atoms with E-state index in [2.05, 4.69) is 10.4 Å². The Hall–Kier alpha value is -3.94. The fraction of sp³-hybridized carbons (Fsp3) is 0.333. The molecule has 178 valence electrons. The van der Waals surface area contributed by atoms with E-state index in [1.54, 1.807) is 17.1 Å². The van der Waals surface area contributed by atoms with E-state index in [0.717, 1.165) is 37.0 Å². The Bertz CT molecular complexity index is 1360. The number of benzene rings is 1. The molecule has 6 rings (SSSR count). The number of amides is 2. The second-order valence-corrected chi connectivity index (χ2v) is 9.41. The van der Waals surface area contributed by atoms with E-state index < -0.39 is 0 Å². The summed E-state index contributed by atoms with van der Waals surface area (Å²) in [5.41, 5.74) is 2.83. The van der Waals surface area contributed by atoms with Gasteiger partial charge in [-0.15, -0.1) is 0 Å². The van der Waals surface area contributed by atoms with Gasteiger partial charge in [-0.05, 0) is 43.9 Å². The lowest BCUT2D eigenvalue weighted by atomic mass is 9.96. The Morgan fingerprint density at radius 1 is 1.09 bits per heavy atom. The van der Waals surface area contributed by atoms with Crippen LogP contribution in [0.3, 0.4) is 0 Å². The summed E-state index contributed by atoms with van der Waals surface area (Å²) in [5, 5.41) is 8.33. The predicted molar refractivity (Wildman–Crippen MR) is 131 cm³/mol. The lowest BCUT2D eigenvalue weighted by Crippen LogP contribution is -2.46. The Kier molecular flexibility index (Phi) is 5.56. The van der Waals surface area contributed by atoms with Gasteiger partial charge in [-0.25, -0.2) is 9.67 Å². The highest BCUT2D eigenvalue weighted by atomic mass is 16.3. The molecule has 8 heteroatoms. The minimum absolute atomic E-state index is 0.0705. The van der Waals surface area contributed by atoms with E-state index in [-0.39, 0.29) is 17.7 Å². The lowest BCUT2D eigenvalue weighted by Gasteiger charge is -2.32. The van der Waals surface area contributed by atoms with Crippen LogP contribution in [0.15, 0.2) is 65.4 Å². The Labute approximate surface area is 202 Å². The van der Waals surface area contributed by atoms with Crippen molar-refractivity contribution in [2.24, 2.45) is 5.92 Å². The number of hydrogen-bond donors (Lipinski definition) is 1. The van der Waals surface area contributed by atoms with Crippen molar-refractivity contribution in [1.29, 1.82) is 0 Å². The van der Waals surface area contributed by atoms with E-state index in [9.17, 15) is 9.59 Å². The number of nitrogens with zero attached hydrogens (tertiary/aromatic N) is 4. The first-order chi connectivity index (χ1) is 17.2. The fourth-order valence-electron chi connectivity index (χ4n) is 4.74. The van der Waals surface area contributed by atoms with E-state index in [0.29, 0.717) is 48.0 Å². The quantitative estimate of drug-likeness (QED) is 0.463. The highest BCUT2D eigenvalue weighted by Gasteiger charge is 2.33. The van der Waals surface area contributed by atoms with E-state index in [1.165, 1.54) is 0 Å². The topological polar surface area (TPSA) is 93.3 Å². The van der Waals surface area contributed by atoms with Crippen LogP contribution in [-0.4, -0.2) is 50.6 Å². The first-order valence-corrected chi connectivity index (χ1v) is 12.2. The third-order valence-electron chi connectivity index (χ3n) is 6.80. The second-order valence-electron chi connectivity index (χ2n) is 9.41. The maximum atomic E-state index is 13.8. The summed E-state index contributed by atoms with van der Waals surface area (Å²) in [6, 6.07) is 15.7. The molecule has 3 aromatic heterocycles. The summed E-state index contributed by atoms with van der Waals surface area (Å²) in [4.78, 5) is 33.2. The molecule has 0 radical (unpaired) electrons. The molecular weight excluding hydrogens is 442 g/mol. The molecule has 1 aliphatic heterocycles. The van der Waals surface area contributed by atoms with Crippen LogP contribution < -0.4 is 5.32 Å². The number of likely N-dealkylation sites (tertiary alicyclic amines) is 1. The maximum Gasteiger partial charge on any atom is 0.254 e. The summed E-state index contributed by atoms with van der Waals surface area (Å²) < 4.78 is 7.27. The molecule has 35 heavy (non-hydrogen) atoms. The molecule has 1 unspecified atom stereocenters. The van der Waals surface area contributed by atoms with Gasteiger partial charge in [-0.3, -0.25) is 9.59 Å². The van der Waals surface area contributed by atoms with Gasteiger partial charge in [-0.2, -0.15) is 5.10 Å². The predicted octanol–water partition coefficient (Wildman–Crippen LogP) is 3.87. The zero-order valence-corrected chi connectivity index (χ0v) is 19.4. The normalized spacial score (nSPS) is 18.1. The van der Waals surface area contributed by atoms with Crippen molar-refractivity contribution in [2.45, 2.75) is 38.3 Å². The maximum absolute atomic E-state index is 13.8. The zero-order valence-electron chi connectivity index (χ0n) is 19.4. The van der Waals surface area contributed by atoms with Crippen LogP contribution in [0.25, 0.3) is 22.3 Å². The summed E-state index contributed by atoms with van der Waals surface area (Å²) in [7, 11) is 0. The number of fused-ring (bicyclic) bond motifs is 1. The average molecular weight is 470 g/mol. The van der Waals surface area contributed by atoms with Gasteiger partial charge in [0.2, 0.25) is 5.91 Å². The first-order valence-electron chi connectivity index (χ1n) is 12.2. The number of nitrogens with one attached hydrogen (secondary N) is 1. The molecule has 1 saturated carbocycles. The summed E-state index contributed by atoms with van der Waals surface area (Å²) in [5.74, 6) is 0.577. The van der Waals surface area contributed by atoms with Gasteiger partial charge in [0.05, 0.1) is 35.0 Å². The SMILES string of the molecule is O=C(NC1CC1)C1CCCN(C(=O)c2cc(-c3ccccc3)nc3c2cnn3Cc2ccco2)C1. The van der Waals surface area contributed by atoms with Crippen molar-refractivity contribution in [2.75, 3.05) is 13.1 Å². The van der Waals surface area contributed by atoms with Gasteiger partial charge in [0, 0.05) is 24.7 Å². The molecule has 4 aromatic rings. The van der Waals surface area contributed by atoms with Crippen molar-refractivity contribution < 1.29 is 14.0 Å². The van der Waals surface area contributed by atoms with Crippen LogP contribution >= 0.6 is 0 Å². The van der Waals surface area contributed by atoms with Crippen LogP contribution in [0.1, 0.15) is 41.8 Å². The smallest absolute Gasteiger partial charge is 0.254 e. The highest BCUT2D eigenvalue weighted by molar-refractivity contribution is 6.06. The van der Waals surface area contributed by atoms with Crippen molar-refractivity contribution in [1.82, 2.24) is 25.0 Å². The molecule has 8 nitrogen and oxygen atoms in total. The molecule has 1 atom stereocenters. The molecular formula is C27H27N5O3. The van der Waals surface area contributed by atoms with Crippen LogP contribution in [0.5, 0.6) is 0 Å². The van der Waals surface area contributed by atoms with Crippen molar-refractivity contribution in [3.8, 4) is 11.3 Å². The molecule has 1 aliphatic carbocycles. The van der Waals surface area contributed by atoms with E-state index >= 15 is 0 Å². The van der Waals surface area contributed by atoms with Gasteiger partial charge in [0.1, 0.15) is 12.3 Å². The van der Waals surface area contributed by atoms with Crippen molar-refractivity contribution in [3.63, 3.8) is 0 Å². The van der Waals surface area contributed by atoms with E-state index in [1.807, 2.05) is 53.4 Å². The Balaban J connectivity index is 1.36. The van der Waals surface area contributed by atoms with Crippen LogP contribution in [-0.2, 0) is 11.3 Å². The third kappa shape index (κ3) is 4.43. The van der Waals surface area contributed by atoms with Crippen molar-refractivity contribution >= 4 is 22.8 Å². The van der Waals surface area contributed by atoms with Crippen LogP contribution in [0, 0.1) is 5.92 Å². The molecule has 4 heterocycles. The summed E-state index contributed by atoms with van der Waals surface area (Å²) >= 11 is 0. The number of hydrogen-bond acceptors (Lipinski definition) is 5. The first kappa shape index (κ1) is 21.6. The minimum atomic E-state index is -0.166. The monoisotopic (exact) mass is 469 g/mol. The van der Waals surface area contributed by atoms with E-state index in [4.69, 9.17) is 9.40 Å². The average Bonchev–Trinajstić information content (AvgIpc) is 3.39. The second kappa shape index (κ2) is 9.02. The van der Waals surface area contributed by atoms with Crippen LogP contribution in [0.2, 0.25) is 0 Å². The number of carbonyl (C=O) groups excluding carboxylic acids is 2. The molecule has 2 fully saturated rings. The third-order valence-corrected chi connectivity index (χ3v) is 6.80. The number of aromatic nitrogens is 3. The molecule has 0 bridgehead atoms. The molecule has 1 saturated heterocycles. The molecule has 2 aliphatic rings. The standard InChI is InChI=1S/C27H27N5O3/c33-26(29-20-10-11-20)19-8-4-12-31(16-19)27(34)22-14-24(18-6-2-1-3-7-18)30-25-23(22)15-28-32(25)17-21-9-5-13-35-21/h1-3,5-7,9,13-15,19-20H,4,8,10-12,16-17H2,(H,29,33). The number of pyridine rings is 1. The number of carbonyl (C=O) groups is 2. The van der Waals surface area contributed by atoms with Crippen LogP contribution in [0.4, 0.5) is 0 Å². The van der Waals surface area contributed by atoms with Gasteiger partial charge in [0.15, 0.2) is 5.65 Å². The lowest BCUT2D eigenvalue weighted by molar-refractivity contribution is -0.126. The largest absolute Gasteiger partial charge is 0.467 e. The minimum Gasteiger partial charge on any atom is -0.467 e.